The third kappa shape index (κ3) is 2.27. The molecular formula is C14H13FN2OS. The van der Waals surface area contributed by atoms with Crippen LogP contribution in [0.4, 0.5) is 4.39 Å². The summed E-state index contributed by atoms with van der Waals surface area (Å²) >= 11 is 1.47. The van der Waals surface area contributed by atoms with Crippen LogP contribution >= 0.6 is 11.3 Å². The number of thiophene rings is 1. The number of aliphatic hydroxyl groups is 1. The van der Waals surface area contributed by atoms with Crippen LogP contribution in [-0.2, 0) is 6.54 Å². The van der Waals surface area contributed by atoms with E-state index in [0.29, 0.717) is 0 Å². The molecule has 0 radical (unpaired) electrons. The number of rotatable bonds is 3. The number of halogens is 1. The monoisotopic (exact) mass is 276 g/mol. The van der Waals surface area contributed by atoms with Gasteiger partial charge in [0.05, 0.1) is 6.20 Å². The number of benzene rings is 1. The van der Waals surface area contributed by atoms with Gasteiger partial charge < -0.3 is 5.11 Å². The average Bonchev–Trinajstić information content (AvgIpc) is 3.03. The normalized spacial score (nSPS) is 13.0. The van der Waals surface area contributed by atoms with E-state index in [1.165, 1.54) is 23.5 Å². The fourth-order valence-corrected chi connectivity index (χ4v) is 3.09. The number of hydrogen-bond donors (Lipinski definition) is 1. The highest BCUT2D eigenvalue weighted by Gasteiger charge is 2.15. The van der Waals surface area contributed by atoms with Gasteiger partial charge in [-0.25, -0.2) is 4.39 Å². The Kier molecular flexibility index (Phi) is 3.08. The van der Waals surface area contributed by atoms with Crippen LogP contribution in [0.15, 0.2) is 36.7 Å². The molecule has 0 bridgehead atoms. The minimum atomic E-state index is -0.708. The van der Waals surface area contributed by atoms with Crippen molar-refractivity contribution >= 4 is 21.4 Å². The molecular weight excluding hydrogens is 263 g/mol. The first-order chi connectivity index (χ1) is 9.17. The van der Waals surface area contributed by atoms with Gasteiger partial charge in [0.25, 0.3) is 0 Å². The Hall–Kier alpha value is -1.72. The second-order valence-electron chi connectivity index (χ2n) is 4.36. The van der Waals surface area contributed by atoms with Gasteiger partial charge in [-0.2, -0.15) is 5.10 Å². The third-order valence-corrected chi connectivity index (χ3v) is 4.23. The zero-order chi connectivity index (χ0) is 13.4. The standard InChI is InChI=1S/C14H13FN2OS/c1-2-17-8-10(7-16-17)14(18)13-6-9-5-11(15)3-4-12(9)19-13/h3-8,14,18H,2H2,1H3. The maximum absolute atomic E-state index is 13.1. The fraction of sp³-hybridized carbons (Fsp3) is 0.214. The number of aliphatic hydroxyl groups excluding tert-OH is 1. The number of aryl methyl sites for hydroxylation is 1. The van der Waals surface area contributed by atoms with Gasteiger partial charge in [0.15, 0.2) is 0 Å². The van der Waals surface area contributed by atoms with E-state index < -0.39 is 6.10 Å². The van der Waals surface area contributed by atoms with Gasteiger partial charge >= 0.3 is 0 Å². The molecule has 3 rings (SSSR count). The Balaban J connectivity index is 1.98. The van der Waals surface area contributed by atoms with Gasteiger partial charge in [0.1, 0.15) is 11.9 Å². The van der Waals surface area contributed by atoms with Crippen LogP contribution in [0.1, 0.15) is 23.5 Å². The summed E-state index contributed by atoms with van der Waals surface area (Å²) in [4.78, 5) is 0.802. The van der Waals surface area contributed by atoms with Crippen LogP contribution in [0.25, 0.3) is 10.1 Å². The molecule has 1 atom stereocenters. The topological polar surface area (TPSA) is 38.0 Å². The van der Waals surface area contributed by atoms with Crippen LogP contribution in [0.5, 0.6) is 0 Å². The van der Waals surface area contributed by atoms with Gasteiger partial charge in [-0.05, 0) is 36.6 Å². The number of hydrogen-bond acceptors (Lipinski definition) is 3. The Morgan fingerprint density at radius 1 is 1.42 bits per heavy atom. The summed E-state index contributed by atoms with van der Waals surface area (Å²) in [5, 5.41) is 15.3. The van der Waals surface area contributed by atoms with Gasteiger partial charge in [-0.1, -0.05) is 0 Å². The van der Waals surface area contributed by atoms with Gasteiger partial charge in [0.2, 0.25) is 0 Å². The molecule has 0 fully saturated rings. The van der Waals surface area contributed by atoms with E-state index >= 15 is 0 Å². The minimum absolute atomic E-state index is 0.259. The molecule has 1 aromatic carbocycles. The molecule has 0 saturated heterocycles. The van der Waals surface area contributed by atoms with E-state index in [4.69, 9.17) is 0 Å². The molecule has 0 aliphatic rings. The lowest BCUT2D eigenvalue weighted by atomic mass is 10.1. The molecule has 0 aliphatic carbocycles. The molecule has 5 heteroatoms. The van der Waals surface area contributed by atoms with E-state index in [2.05, 4.69) is 5.10 Å². The molecule has 0 amide bonds. The molecule has 3 aromatic rings. The predicted octanol–water partition coefficient (Wildman–Crippen LogP) is 3.34. The highest BCUT2D eigenvalue weighted by atomic mass is 32.1. The van der Waals surface area contributed by atoms with Crippen LogP contribution < -0.4 is 0 Å². The summed E-state index contributed by atoms with van der Waals surface area (Å²) in [5.41, 5.74) is 0.758. The van der Waals surface area contributed by atoms with Crippen LogP contribution in [0, 0.1) is 5.82 Å². The first kappa shape index (κ1) is 12.3. The lowest BCUT2D eigenvalue weighted by Gasteiger charge is -2.04. The van der Waals surface area contributed by atoms with E-state index in [0.717, 1.165) is 27.1 Å². The van der Waals surface area contributed by atoms with Gasteiger partial charge in [0, 0.05) is 27.9 Å². The highest BCUT2D eigenvalue weighted by molar-refractivity contribution is 7.19. The SMILES string of the molecule is CCn1cc(C(O)c2cc3cc(F)ccc3s2)cn1. The third-order valence-electron chi connectivity index (χ3n) is 3.06. The predicted molar refractivity (Wildman–Crippen MR) is 73.7 cm³/mol. The molecule has 3 nitrogen and oxygen atoms in total. The van der Waals surface area contributed by atoms with Crippen molar-refractivity contribution in [2.45, 2.75) is 19.6 Å². The molecule has 19 heavy (non-hydrogen) atoms. The highest BCUT2D eigenvalue weighted by Crippen LogP contribution is 2.33. The van der Waals surface area contributed by atoms with Crippen molar-refractivity contribution in [2.24, 2.45) is 0 Å². The van der Waals surface area contributed by atoms with E-state index in [-0.39, 0.29) is 5.82 Å². The van der Waals surface area contributed by atoms with E-state index in [9.17, 15) is 9.50 Å². The average molecular weight is 276 g/mol. The van der Waals surface area contributed by atoms with Crippen LogP contribution in [0.3, 0.4) is 0 Å². The quantitative estimate of drug-likeness (QED) is 0.796. The second kappa shape index (κ2) is 4.75. The summed E-state index contributed by atoms with van der Waals surface area (Å²) in [6, 6.07) is 6.49. The van der Waals surface area contributed by atoms with Crippen molar-refractivity contribution in [1.29, 1.82) is 0 Å². The van der Waals surface area contributed by atoms with Crippen LogP contribution in [0.2, 0.25) is 0 Å². The van der Waals surface area contributed by atoms with Crippen molar-refractivity contribution < 1.29 is 9.50 Å². The van der Waals surface area contributed by atoms with Crippen molar-refractivity contribution in [2.75, 3.05) is 0 Å². The van der Waals surface area contributed by atoms with Crippen molar-refractivity contribution in [3.8, 4) is 0 Å². The first-order valence-electron chi connectivity index (χ1n) is 6.07. The number of fused-ring (bicyclic) bond motifs is 1. The Labute approximate surface area is 113 Å². The van der Waals surface area contributed by atoms with Gasteiger partial charge in [-0.15, -0.1) is 11.3 Å². The molecule has 1 unspecified atom stereocenters. The molecule has 1 N–H and O–H groups in total. The second-order valence-corrected chi connectivity index (χ2v) is 5.48. The van der Waals surface area contributed by atoms with Gasteiger partial charge in [-0.3, -0.25) is 4.68 Å². The largest absolute Gasteiger partial charge is 0.383 e. The maximum atomic E-state index is 13.1. The lowest BCUT2D eigenvalue weighted by molar-refractivity contribution is 0.224. The Bertz CT molecular complexity index is 719. The summed E-state index contributed by atoms with van der Waals surface area (Å²) in [5.74, 6) is -0.259. The Morgan fingerprint density at radius 2 is 2.26 bits per heavy atom. The smallest absolute Gasteiger partial charge is 0.123 e. The van der Waals surface area contributed by atoms with E-state index in [1.54, 1.807) is 16.9 Å². The summed E-state index contributed by atoms with van der Waals surface area (Å²) in [7, 11) is 0. The first-order valence-corrected chi connectivity index (χ1v) is 6.88. The van der Waals surface area contributed by atoms with E-state index in [1.807, 2.05) is 19.2 Å². The number of aromatic nitrogens is 2. The lowest BCUT2D eigenvalue weighted by Crippen LogP contribution is -1.96. The van der Waals surface area contributed by atoms with Crippen molar-refractivity contribution in [3.05, 3.63) is 52.9 Å². The maximum Gasteiger partial charge on any atom is 0.123 e. The summed E-state index contributed by atoms with van der Waals surface area (Å²) < 4.78 is 15.9. The van der Waals surface area contributed by atoms with Crippen LogP contribution in [-0.4, -0.2) is 14.9 Å². The minimum Gasteiger partial charge on any atom is -0.383 e. The van der Waals surface area contributed by atoms with Crippen molar-refractivity contribution in [3.63, 3.8) is 0 Å². The summed E-state index contributed by atoms with van der Waals surface area (Å²) in [6.45, 7) is 2.76. The number of nitrogens with zero attached hydrogens (tertiary/aromatic N) is 2. The zero-order valence-electron chi connectivity index (χ0n) is 10.4. The molecule has 0 aliphatic heterocycles. The molecule has 0 spiro atoms. The Morgan fingerprint density at radius 3 is 3.00 bits per heavy atom. The molecule has 2 aromatic heterocycles. The molecule has 98 valence electrons. The zero-order valence-corrected chi connectivity index (χ0v) is 11.2. The molecule has 2 heterocycles. The van der Waals surface area contributed by atoms with Crippen molar-refractivity contribution in [1.82, 2.24) is 9.78 Å². The fourth-order valence-electron chi connectivity index (χ4n) is 2.03. The molecule has 0 saturated carbocycles. The summed E-state index contributed by atoms with van der Waals surface area (Å²) in [6.07, 6.45) is 2.79.